The van der Waals surface area contributed by atoms with E-state index in [2.05, 4.69) is 20.6 Å². The Labute approximate surface area is 112 Å². The van der Waals surface area contributed by atoms with E-state index in [4.69, 9.17) is 5.11 Å². The molecule has 1 unspecified atom stereocenters. The number of nitrogens with zero attached hydrogens (tertiary/aromatic N) is 4. The third kappa shape index (κ3) is 3.16. The quantitative estimate of drug-likeness (QED) is 0.874. The molecule has 2 heterocycles. The largest absolute Gasteiger partial charge is 0.453 e. The Morgan fingerprint density at radius 1 is 1.35 bits per heavy atom. The Kier molecular flexibility index (Phi) is 4.07. The zero-order chi connectivity index (χ0) is 14.8. The Bertz CT molecular complexity index is 583. The second-order valence-corrected chi connectivity index (χ2v) is 4.51. The molecule has 0 saturated heterocycles. The van der Waals surface area contributed by atoms with Gasteiger partial charge in [-0.15, -0.1) is 15.3 Å². The number of rotatable bonds is 5. The highest BCUT2D eigenvalue weighted by molar-refractivity contribution is 5.44. The van der Waals surface area contributed by atoms with Gasteiger partial charge in [0, 0.05) is 13.2 Å². The molecule has 0 radical (unpaired) electrons. The van der Waals surface area contributed by atoms with Crippen molar-refractivity contribution >= 4 is 11.5 Å². The molecule has 0 fully saturated rings. The van der Waals surface area contributed by atoms with Gasteiger partial charge in [0.05, 0.1) is 0 Å². The zero-order valence-corrected chi connectivity index (χ0v) is 10.7. The van der Waals surface area contributed by atoms with E-state index < -0.39 is 12.0 Å². The van der Waals surface area contributed by atoms with Gasteiger partial charge in [0.25, 0.3) is 5.82 Å². The van der Waals surface area contributed by atoms with Crippen LogP contribution in [0.3, 0.4) is 0 Å². The fourth-order valence-corrected chi connectivity index (χ4v) is 1.66. The summed E-state index contributed by atoms with van der Waals surface area (Å²) in [4.78, 5) is 0. The van der Waals surface area contributed by atoms with Crippen molar-refractivity contribution < 1.29 is 18.3 Å². The number of anilines is 1. The van der Waals surface area contributed by atoms with Gasteiger partial charge in [0.15, 0.2) is 5.65 Å². The number of aliphatic hydroxyl groups is 1. The lowest BCUT2D eigenvalue weighted by atomic mass is 10.1. The van der Waals surface area contributed by atoms with Gasteiger partial charge in [-0.3, -0.25) is 0 Å². The minimum atomic E-state index is -4.60. The predicted octanol–water partition coefficient (Wildman–Crippen LogP) is 1.57. The van der Waals surface area contributed by atoms with Crippen molar-refractivity contribution in [2.24, 2.45) is 5.92 Å². The van der Waals surface area contributed by atoms with Crippen LogP contribution in [0.15, 0.2) is 12.1 Å². The fourth-order valence-electron chi connectivity index (χ4n) is 1.66. The van der Waals surface area contributed by atoms with Gasteiger partial charge < -0.3 is 10.4 Å². The monoisotopic (exact) mass is 289 g/mol. The third-order valence-corrected chi connectivity index (χ3v) is 2.77. The fraction of sp³-hybridized carbons (Fsp3) is 0.545. The summed E-state index contributed by atoms with van der Waals surface area (Å²) in [6.45, 7) is 2.49. The molecule has 0 bridgehead atoms. The number of hydrogen-bond donors (Lipinski definition) is 2. The summed E-state index contributed by atoms with van der Waals surface area (Å²) >= 11 is 0. The molecule has 20 heavy (non-hydrogen) atoms. The molecule has 0 aromatic carbocycles. The Balaban J connectivity index is 2.20. The van der Waals surface area contributed by atoms with Crippen LogP contribution in [0.25, 0.3) is 5.65 Å². The van der Waals surface area contributed by atoms with Gasteiger partial charge in [0.1, 0.15) is 5.82 Å². The lowest BCUT2D eigenvalue weighted by Gasteiger charge is -2.11. The molecule has 2 rings (SSSR count). The molecule has 2 aromatic heterocycles. The minimum absolute atomic E-state index is 0.0336. The van der Waals surface area contributed by atoms with Crippen molar-refractivity contribution in [3.05, 3.63) is 18.0 Å². The van der Waals surface area contributed by atoms with Gasteiger partial charge in [0.2, 0.25) is 0 Å². The first-order chi connectivity index (χ1) is 9.41. The van der Waals surface area contributed by atoms with Gasteiger partial charge >= 0.3 is 6.18 Å². The molecule has 2 N–H and O–H groups in total. The molecule has 0 aliphatic rings. The maximum absolute atomic E-state index is 12.7. The topological polar surface area (TPSA) is 75.3 Å². The second kappa shape index (κ2) is 5.61. The van der Waals surface area contributed by atoms with Crippen LogP contribution in [-0.4, -0.2) is 38.1 Å². The summed E-state index contributed by atoms with van der Waals surface area (Å²) in [6.07, 6.45) is -4.00. The highest BCUT2D eigenvalue weighted by Gasteiger charge is 2.37. The molecule has 0 aliphatic carbocycles. The molecular weight excluding hydrogens is 275 g/mol. The van der Waals surface area contributed by atoms with E-state index in [1.165, 1.54) is 12.1 Å². The van der Waals surface area contributed by atoms with E-state index in [1.54, 1.807) is 0 Å². The Morgan fingerprint density at radius 2 is 2.10 bits per heavy atom. The maximum atomic E-state index is 12.7. The first kappa shape index (κ1) is 14.5. The summed E-state index contributed by atoms with van der Waals surface area (Å²) in [5.74, 6) is -0.673. The van der Waals surface area contributed by atoms with Crippen molar-refractivity contribution in [1.82, 2.24) is 19.8 Å². The zero-order valence-electron chi connectivity index (χ0n) is 10.7. The van der Waals surface area contributed by atoms with Crippen molar-refractivity contribution in [1.29, 1.82) is 0 Å². The van der Waals surface area contributed by atoms with Gasteiger partial charge in [-0.05, 0) is 24.5 Å². The summed E-state index contributed by atoms with van der Waals surface area (Å²) < 4.78 is 38.7. The smallest absolute Gasteiger partial charge is 0.396 e. The Hall–Kier alpha value is -1.90. The van der Waals surface area contributed by atoms with Gasteiger partial charge in [-0.1, -0.05) is 6.92 Å². The summed E-state index contributed by atoms with van der Waals surface area (Å²) in [7, 11) is 0. The van der Waals surface area contributed by atoms with Crippen LogP contribution in [0.4, 0.5) is 19.0 Å². The SMILES string of the molecule is CC(CCO)CNc1ccc2nnc(C(F)(F)F)n2n1. The van der Waals surface area contributed by atoms with E-state index in [-0.39, 0.29) is 18.2 Å². The van der Waals surface area contributed by atoms with Crippen LogP contribution >= 0.6 is 0 Å². The summed E-state index contributed by atoms with van der Waals surface area (Å²) in [5, 5.41) is 22.1. The molecular formula is C11H14F3N5O. The van der Waals surface area contributed by atoms with Crippen LogP contribution in [-0.2, 0) is 6.18 Å². The molecule has 6 nitrogen and oxygen atoms in total. The van der Waals surface area contributed by atoms with Crippen molar-refractivity contribution in [2.75, 3.05) is 18.5 Å². The average Bonchev–Trinajstić information content (AvgIpc) is 2.79. The molecule has 0 aliphatic heterocycles. The molecule has 0 spiro atoms. The highest BCUT2D eigenvalue weighted by atomic mass is 19.4. The highest BCUT2D eigenvalue weighted by Crippen LogP contribution is 2.27. The lowest BCUT2D eigenvalue weighted by Crippen LogP contribution is -2.16. The van der Waals surface area contributed by atoms with Crippen molar-refractivity contribution in [3.8, 4) is 0 Å². The van der Waals surface area contributed by atoms with Crippen LogP contribution in [0, 0.1) is 5.92 Å². The van der Waals surface area contributed by atoms with E-state index >= 15 is 0 Å². The van der Waals surface area contributed by atoms with E-state index in [0.717, 1.165) is 0 Å². The molecule has 110 valence electrons. The van der Waals surface area contributed by atoms with Crippen molar-refractivity contribution in [2.45, 2.75) is 19.5 Å². The number of nitrogens with one attached hydrogen (secondary N) is 1. The molecule has 2 aromatic rings. The predicted molar refractivity (Wildman–Crippen MR) is 65.1 cm³/mol. The first-order valence-corrected chi connectivity index (χ1v) is 6.06. The number of fused-ring (bicyclic) bond motifs is 1. The van der Waals surface area contributed by atoms with E-state index in [9.17, 15) is 13.2 Å². The average molecular weight is 289 g/mol. The van der Waals surface area contributed by atoms with Crippen LogP contribution in [0.2, 0.25) is 0 Å². The maximum Gasteiger partial charge on any atom is 0.453 e. The standard InChI is InChI=1S/C11H14F3N5O/c1-7(4-5-20)6-15-8-2-3-9-16-17-10(11(12,13)14)19(9)18-8/h2-3,7,20H,4-6H2,1H3,(H,15,18). The molecule has 1 atom stereocenters. The van der Waals surface area contributed by atoms with E-state index in [1.807, 2.05) is 6.92 Å². The minimum Gasteiger partial charge on any atom is -0.396 e. The van der Waals surface area contributed by atoms with Gasteiger partial charge in [-0.25, -0.2) is 0 Å². The number of aliphatic hydroxyl groups excluding tert-OH is 1. The van der Waals surface area contributed by atoms with E-state index in [0.29, 0.717) is 23.3 Å². The van der Waals surface area contributed by atoms with Gasteiger partial charge in [-0.2, -0.15) is 17.7 Å². The number of hydrogen-bond acceptors (Lipinski definition) is 5. The second-order valence-electron chi connectivity index (χ2n) is 4.51. The lowest BCUT2D eigenvalue weighted by molar-refractivity contribution is -0.146. The number of halogens is 3. The molecule has 0 amide bonds. The van der Waals surface area contributed by atoms with Crippen LogP contribution in [0.1, 0.15) is 19.2 Å². The Morgan fingerprint density at radius 3 is 2.75 bits per heavy atom. The summed E-state index contributed by atoms with van der Waals surface area (Å²) in [5.41, 5.74) is 0.0336. The van der Waals surface area contributed by atoms with Crippen LogP contribution < -0.4 is 5.32 Å². The number of aromatic nitrogens is 4. The van der Waals surface area contributed by atoms with Crippen LogP contribution in [0.5, 0.6) is 0 Å². The summed E-state index contributed by atoms with van der Waals surface area (Å²) in [6, 6.07) is 2.95. The third-order valence-electron chi connectivity index (χ3n) is 2.77. The first-order valence-electron chi connectivity index (χ1n) is 6.06. The van der Waals surface area contributed by atoms with Crippen molar-refractivity contribution in [3.63, 3.8) is 0 Å². The normalized spacial score (nSPS) is 13.7. The molecule has 9 heteroatoms. The number of alkyl halides is 3. The molecule has 0 saturated carbocycles.